The van der Waals surface area contributed by atoms with E-state index in [1.54, 1.807) is 17.0 Å². The summed E-state index contributed by atoms with van der Waals surface area (Å²) in [7, 11) is 2.07. The number of ether oxygens (including phenoxy) is 1. The number of hydrogen-bond donors (Lipinski definition) is 1. The Hall–Kier alpha value is -4.72. The van der Waals surface area contributed by atoms with E-state index in [2.05, 4.69) is 32.0 Å². The molecule has 0 bridgehead atoms. The van der Waals surface area contributed by atoms with Gasteiger partial charge in [0.1, 0.15) is 0 Å². The van der Waals surface area contributed by atoms with Gasteiger partial charge in [-0.05, 0) is 75.3 Å². The number of carbonyl (C=O) groups is 2. The number of hydrogen-bond acceptors (Lipinski definition) is 7. The SMILES string of the molecule is CCc1cc(Nc2nccn3c(-c4ccc(OC(F)F)c(F)c4F)cnc23)ccc1C(=O)N1CCN(C(=O)C2CCN(C)CC2)CC1. The van der Waals surface area contributed by atoms with Crippen molar-refractivity contribution < 1.29 is 31.9 Å². The van der Waals surface area contributed by atoms with Crippen LogP contribution in [-0.2, 0) is 11.2 Å². The van der Waals surface area contributed by atoms with E-state index < -0.39 is 24.0 Å². The number of piperazine rings is 1. The van der Waals surface area contributed by atoms with Crippen LogP contribution in [0.25, 0.3) is 16.9 Å². The number of carbonyl (C=O) groups excluding carboxylic acids is 2. The number of anilines is 2. The zero-order valence-corrected chi connectivity index (χ0v) is 26.1. The van der Waals surface area contributed by atoms with Gasteiger partial charge in [0.05, 0.1) is 11.9 Å². The van der Waals surface area contributed by atoms with Crippen molar-refractivity contribution in [1.82, 2.24) is 29.1 Å². The smallest absolute Gasteiger partial charge is 0.387 e. The molecule has 0 atom stereocenters. The van der Waals surface area contributed by atoms with Gasteiger partial charge >= 0.3 is 6.61 Å². The number of fused-ring (bicyclic) bond motifs is 1. The van der Waals surface area contributed by atoms with E-state index in [9.17, 15) is 27.2 Å². The highest BCUT2D eigenvalue weighted by atomic mass is 19.3. The number of amides is 2. The average molecular weight is 654 g/mol. The van der Waals surface area contributed by atoms with Crippen molar-refractivity contribution in [1.29, 1.82) is 0 Å². The Balaban J connectivity index is 1.16. The molecule has 10 nitrogen and oxygen atoms in total. The molecule has 2 aliphatic rings. The van der Waals surface area contributed by atoms with E-state index in [0.717, 1.165) is 43.6 Å². The Labute approximate surface area is 268 Å². The zero-order chi connectivity index (χ0) is 33.2. The lowest BCUT2D eigenvalue weighted by atomic mass is 9.95. The topological polar surface area (TPSA) is 95.3 Å². The van der Waals surface area contributed by atoms with E-state index in [1.807, 2.05) is 17.9 Å². The number of aromatic nitrogens is 3. The Kier molecular flexibility index (Phi) is 9.30. The highest BCUT2D eigenvalue weighted by Crippen LogP contribution is 2.32. The summed E-state index contributed by atoms with van der Waals surface area (Å²) in [6.45, 7) is 2.49. The fourth-order valence-electron chi connectivity index (χ4n) is 6.25. The van der Waals surface area contributed by atoms with Gasteiger partial charge in [-0.1, -0.05) is 6.92 Å². The van der Waals surface area contributed by atoms with Crippen molar-refractivity contribution in [2.75, 3.05) is 51.6 Å². The minimum Gasteiger partial charge on any atom is -0.432 e. The molecule has 2 fully saturated rings. The van der Waals surface area contributed by atoms with Crippen LogP contribution in [0.1, 0.15) is 35.7 Å². The monoisotopic (exact) mass is 653 g/mol. The van der Waals surface area contributed by atoms with Crippen LogP contribution < -0.4 is 10.1 Å². The van der Waals surface area contributed by atoms with E-state index in [1.165, 1.54) is 23.0 Å². The summed E-state index contributed by atoms with van der Waals surface area (Å²) < 4.78 is 60.0. The molecule has 0 radical (unpaired) electrons. The quantitative estimate of drug-likeness (QED) is 0.261. The number of benzene rings is 2. The fourth-order valence-corrected chi connectivity index (χ4v) is 6.25. The molecule has 4 heterocycles. The summed E-state index contributed by atoms with van der Waals surface area (Å²) in [5, 5.41) is 3.20. The number of rotatable bonds is 8. The molecule has 2 aliphatic heterocycles. The molecule has 2 aromatic heterocycles. The molecule has 0 unspecified atom stereocenters. The van der Waals surface area contributed by atoms with Crippen molar-refractivity contribution in [2.24, 2.45) is 5.92 Å². The third kappa shape index (κ3) is 6.59. The predicted octanol–water partition coefficient (Wildman–Crippen LogP) is 5.21. The molecular formula is C33H35F4N7O3. The Morgan fingerprint density at radius 1 is 0.979 bits per heavy atom. The lowest BCUT2D eigenvalue weighted by Crippen LogP contribution is -2.52. The number of nitrogens with zero attached hydrogens (tertiary/aromatic N) is 6. The normalized spacial score (nSPS) is 16.2. The first-order chi connectivity index (χ1) is 22.6. The molecule has 0 spiro atoms. The molecule has 6 rings (SSSR count). The standard InChI is InChI=1S/C33H35F4N7O3/c1-3-20-18-22(4-5-23(20)32(46)43-16-14-42(15-17-43)31(45)21-8-11-41(2)12-9-21)40-29-30-39-19-25(44(30)13-10-38-29)24-6-7-26(47-33(36)37)28(35)27(24)34/h4-7,10,13,18-19,21,33H,3,8-9,11-12,14-17H2,1-2H3,(H,38,40). The molecule has 2 amide bonds. The van der Waals surface area contributed by atoms with Crippen molar-refractivity contribution in [3.05, 3.63) is 71.7 Å². The lowest BCUT2D eigenvalue weighted by Gasteiger charge is -2.38. The van der Waals surface area contributed by atoms with Crippen LogP contribution in [0.4, 0.5) is 29.1 Å². The van der Waals surface area contributed by atoms with Gasteiger partial charge in [-0.2, -0.15) is 13.2 Å². The van der Waals surface area contributed by atoms with Gasteiger partial charge in [0.15, 0.2) is 23.0 Å². The molecule has 0 aliphatic carbocycles. The van der Waals surface area contributed by atoms with Gasteiger partial charge < -0.3 is 24.8 Å². The van der Waals surface area contributed by atoms with Gasteiger partial charge in [-0.15, -0.1) is 0 Å². The first-order valence-electron chi connectivity index (χ1n) is 15.6. The molecule has 14 heteroatoms. The third-order valence-corrected chi connectivity index (χ3v) is 8.89. The second kappa shape index (κ2) is 13.6. The summed E-state index contributed by atoms with van der Waals surface area (Å²) in [5.41, 5.74) is 2.33. The van der Waals surface area contributed by atoms with Gasteiger partial charge in [0.2, 0.25) is 11.7 Å². The second-order valence-electron chi connectivity index (χ2n) is 11.8. The van der Waals surface area contributed by atoms with Crippen LogP contribution in [0, 0.1) is 17.6 Å². The zero-order valence-electron chi connectivity index (χ0n) is 26.1. The summed E-state index contributed by atoms with van der Waals surface area (Å²) in [4.78, 5) is 41.3. The van der Waals surface area contributed by atoms with Gasteiger partial charge in [0, 0.05) is 61.3 Å². The minimum absolute atomic E-state index is 0.0555. The molecule has 4 aromatic rings. The number of imidazole rings is 1. The molecule has 47 heavy (non-hydrogen) atoms. The molecule has 2 aromatic carbocycles. The molecule has 1 N–H and O–H groups in total. The number of piperidine rings is 1. The van der Waals surface area contributed by atoms with Crippen LogP contribution in [0.15, 0.2) is 48.9 Å². The van der Waals surface area contributed by atoms with E-state index in [0.29, 0.717) is 55.3 Å². The van der Waals surface area contributed by atoms with Crippen molar-refractivity contribution >= 4 is 29.0 Å². The van der Waals surface area contributed by atoms with Gasteiger partial charge in [-0.3, -0.25) is 14.0 Å². The molecule has 248 valence electrons. The number of halogens is 4. The number of aryl methyl sites for hydroxylation is 1. The van der Waals surface area contributed by atoms with E-state index >= 15 is 0 Å². The predicted molar refractivity (Wildman–Crippen MR) is 167 cm³/mol. The van der Waals surface area contributed by atoms with Crippen LogP contribution in [-0.4, -0.2) is 93.8 Å². The fraction of sp³-hybridized carbons (Fsp3) is 0.394. The van der Waals surface area contributed by atoms with Crippen molar-refractivity contribution in [3.63, 3.8) is 0 Å². The second-order valence-corrected chi connectivity index (χ2v) is 11.8. The van der Waals surface area contributed by atoms with Crippen molar-refractivity contribution in [2.45, 2.75) is 32.8 Å². The van der Waals surface area contributed by atoms with E-state index in [-0.39, 0.29) is 29.0 Å². The Morgan fingerprint density at radius 3 is 2.40 bits per heavy atom. The summed E-state index contributed by atoms with van der Waals surface area (Å²) in [6.07, 6.45) is 6.63. The average Bonchev–Trinajstić information content (AvgIpc) is 3.51. The summed E-state index contributed by atoms with van der Waals surface area (Å²) in [6, 6.07) is 7.46. The number of alkyl halides is 2. The summed E-state index contributed by atoms with van der Waals surface area (Å²) in [5.74, 6) is -3.30. The highest BCUT2D eigenvalue weighted by molar-refractivity contribution is 5.96. The highest BCUT2D eigenvalue weighted by Gasteiger charge is 2.31. The largest absolute Gasteiger partial charge is 0.432 e. The van der Waals surface area contributed by atoms with Crippen LogP contribution in [0.2, 0.25) is 0 Å². The summed E-state index contributed by atoms with van der Waals surface area (Å²) >= 11 is 0. The lowest BCUT2D eigenvalue weighted by molar-refractivity contribution is -0.138. The Bertz CT molecular complexity index is 1780. The Morgan fingerprint density at radius 2 is 1.70 bits per heavy atom. The van der Waals surface area contributed by atoms with Gasteiger partial charge in [-0.25, -0.2) is 14.4 Å². The first kappa shape index (κ1) is 32.2. The van der Waals surface area contributed by atoms with E-state index in [4.69, 9.17) is 0 Å². The number of likely N-dealkylation sites (tertiary alicyclic amines) is 1. The third-order valence-electron chi connectivity index (χ3n) is 8.89. The molecule has 0 saturated carbocycles. The van der Waals surface area contributed by atoms with Gasteiger partial charge in [0.25, 0.3) is 5.91 Å². The first-order valence-corrected chi connectivity index (χ1v) is 15.6. The molecule has 2 saturated heterocycles. The molecular weight excluding hydrogens is 618 g/mol. The van der Waals surface area contributed by atoms with Crippen LogP contribution in [0.5, 0.6) is 5.75 Å². The van der Waals surface area contributed by atoms with Crippen LogP contribution >= 0.6 is 0 Å². The maximum Gasteiger partial charge on any atom is 0.387 e. The maximum absolute atomic E-state index is 14.9. The van der Waals surface area contributed by atoms with Crippen molar-refractivity contribution in [3.8, 4) is 17.0 Å². The number of nitrogens with one attached hydrogen (secondary N) is 1. The minimum atomic E-state index is -3.30. The maximum atomic E-state index is 14.9. The van der Waals surface area contributed by atoms with Crippen LogP contribution in [0.3, 0.4) is 0 Å².